The van der Waals surface area contributed by atoms with Gasteiger partial charge in [-0.1, -0.05) is 23.7 Å². The molecule has 0 unspecified atom stereocenters. The van der Waals surface area contributed by atoms with E-state index in [2.05, 4.69) is 4.99 Å². The first-order valence-electron chi connectivity index (χ1n) is 7.08. The molecule has 120 valence electrons. The summed E-state index contributed by atoms with van der Waals surface area (Å²) in [5.74, 6) is -0.342. The van der Waals surface area contributed by atoms with Crippen LogP contribution in [0.15, 0.2) is 59.2 Å². The summed E-state index contributed by atoms with van der Waals surface area (Å²) in [7, 11) is 0. The molecular formula is C18H12ClNO4. The Hall–Kier alpha value is -2.92. The van der Waals surface area contributed by atoms with Gasteiger partial charge < -0.3 is 9.47 Å². The Kier molecular flexibility index (Phi) is 4.44. The highest BCUT2D eigenvalue weighted by atomic mass is 35.5. The first-order valence-corrected chi connectivity index (χ1v) is 7.46. The molecule has 3 rings (SSSR count). The van der Waals surface area contributed by atoms with Crippen LogP contribution in [0, 0.1) is 0 Å². The molecule has 1 aliphatic rings. The Bertz CT molecular complexity index is 869. The van der Waals surface area contributed by atoms with Gasteiger partial charge in [0.25, 0.3) is 0 Å². The molecule has 0 aromatic heterocycles. The SMILES string of the molecule is CC(=O)Oc1cccc(/C=C2\N=C(c3ccc(Cl)cc3)OC2=O)c1. The molecule has 0 aliphatic carbocycles. The van der Waals surface area contributed by atoms with Crippen molar-refractivity contribution in [3.05, 3.63) is 70.4 Å². The monoisotopic (exact) mass is 341 g/mol. The van der Waals surface area contributed by atoms with E-state index in [-0.39, 0.29) is 11.6 Å². The van der Waals surface area contributed by atoms with Crippen LogP contribution in [0.4, 0.5) is 0 Å². The molecular weight excluding hydrogens is 330 g/mol. The fourth-order valence-corrected chi connectivity index (χ4v) is 2.24. The molecule has 0 radical (unpaired) electrons. The number of rotatable bonds is 3. The van der Waals surface area contributed by atoms with Gasteiger partial charge in [-0.2, -0.15) is 0 Å². The maximum atomic E-state index is 12.0. The lowest BCUT2D eigenvalue weighted by Crippen LogP contribution is -2.05. The number of benzene rings is 2. The van der Waals surface area contributed by atoms with E-state index in [1.165, 1.54) is 6.92 Å². The molecule has 1 heterocycles. The average Bonchev–Trinajstić information content (AvgIpc) is 2.89. The smallest absolute Gasteiger partial charge is 0.363 e. The Balaban J connectivity index is 1.88. The molecule has 0 fully saturated rings. The van der Waals surface area contributed by atoms with Gasteiger partial charge in [0.15, 0.2) is 5.70 Å². The first-order chi connectivity index (χ1) is 11.5. The predicted octanol–water partition coefficient (Wildman–Crippen LogP) is 3.61. The number of esters is 2. The average molecular weight is 342 g/mol. The maximum absolute atomic E-state index is 12.0. The fourth-order valence-electron chi connectivity index (χ4n) is 2.12. The minimum Gasteiger partial charge on any atom is -0.427 e. The summed E-state index contributed by atoms with van der Waals surface area (Å²) >= 11 is 5.84. The van der Waals surface area contributed by atoms with Crippen molar-refractivity contribution in [2.45, 2.75) is 6.92 Å². The summed E-state index contributed by atoms with van der Waals surface area (Å²) < 4.78 is 10.2. The van der Waals surface area contributed by atoms with E-state index in [4.69, 9.17) is 21.1 Å². The fraction of sp³-hybridized carbons (Fsp3) is 0.0556. The van der Waals surface area contributed by atoms with Crippen molar-refractivity contribution in [1.29, 1.82) is 0 Å². The van der Waals surface area contributed by atoms with E-state index < -0.39 is 11.9 Å². The maximum Gasteiger partial charge on any atom is 0.363 e. The van der Waals surface area contributed by atoms with Gasteiger partial charge in [-0.05, 0) is 48.0 Å². The van der Waals surface area contributed by atoms with Crippen LogP contribution in [0.5, 0.6) is 5.75 Å². The lowest BCUT2D eigenvalue weighted by Gasteiger charge is -2.01. The number of ether oxygens (including phenoxy) is 2. The van der Waals surface area contributed by atoms with E-state index >= 15 is 0 Å². The standard InChI is InChI=1S/C18H12ClNO4/c1-11(21)23-15-4-2-3-12(9-15)10-16-18(22)24-17(20-16)13-5-7-14(19)8-6-13/h2-10H,1H3/b16-10-. The van der Waals surface area contributed by atoms with Crippen molar-refractivity contribution in [2.24, 2.45) is 4.99 Å². The zero-order valence-corrected chi connectivity index (χ0v) is 13.4. The van der Waals surface area contributed by atoms with E-state index in [0.29, 0.717) is 21.9 Å². The largest absolute Gasteiger partial charge is 0.427 e. The minimum atomic E-state index is -0.544. The highest BCUT2D eigenvalue weighted by Crippen LogP contribution is 2.22. The zero-order chi connectivity index (χ0) is 17.1. The number of aliphatic imine (C=N–C) groups is 1. The van der Waals surface area contributed by atoms with Gasteiger partial charge in [-0.3, -0.25) is 4.79 Å². The molecule has 24 heavy (non-hydrogen) atoms. The van der Waals surface area contributed by atoms with Crippen LogP contribution in [-0.4, -0.2) is 17.8 Å². The Labute approximate surface area is 143 Å². The molecule has 2 aromatic rings. The summed E-state index contributed by atoms with van der Waals surface area (Å²) in [6.07, 6.45) is 1.57. The van der Waals surface area contributed by atoms with Crippen molar-refractivity contribution >= 4 is 35.5 Å². The van der Waals surface area contributed by atoms with Gasteiger partial charge in [-0.25, -0.2) is 9.79 Å². The molecule has 0 saturated heterocycles. The summed E-state index contributed by atoms with van der Waals surface area (Å²) in [6.45, 7) is 1.32. The Morgan fingerprint density at radius 2 is 1.96 bits per heavy atom. The second kappa shape index (κ2) is 6.68. The third-order valence-corrected chi connectivity index (χ3v) is 3.39. The lowest BCUT2D eigenvalue weighted by atomic mass is 10.2. The first kappa shape index (κ1) is 16.0. The molecule has 0 atom stereocenters. The van der Waals surface area contributed by atoms with E-state index in [9.17, 15) is 9.59 Å². The number of nitrogens with zero attached hydrogens (tertiary/aromatic N) is 1. The van der Waals surface area contributed by atoms with Crippen molar-refractivity contribution in [1.82, 2.24) is 0 Å². The number of cyclic esters (lactones) is 1. The molecule has 0 amide bonds. The van der Waals surface area contributed by atoms with Crippen molar-refractivity contribution in [3.63, 3.8) is 0 Å². The zero-order valence-electron chi connectivity index (χ0n) is 12.7. The Morgan fingerprint density at radius 3 is 2.67 bits per heavy atom. The number of carbonyl (C=O) groups excluding carboxylic acids is 2. The normalized spacial score (nSPS) is 15.2. The quantitative estimate of drug-likeness (QED) is 0.486. The number of carbonyl (C=O) groups is 2. The number of halogens is 1. The second-order valence-corrected chi connectivity index (χ2v) is 5.45. The van der Waals surface area contributed by atoms with Crippen LogP contribution in [-0.2, 0) is 14.3 Å². The van der Waals surface area contributed by atoms with Crippen LogP contribution >= 0.6 is 11.6 Å². The van der Waals surface area contributed by atoms with Crippen molar-refractivity contribution in [2.75, 3.05) is 0 Å². The predicted molar refractivity (Wildman–Crippen MR) is 89.8 cm³/mol. The van der Waals surface area contributed by atoms with E-state index in [1.807, 2.05) is 0 Å². The molecule has 6 heteroatoms. The molecule has 0 spiro atoms. The van der Waals surface area contributed by atoms with Crippen LogP contribution in [0.3, 0.4) is 0 Å². The molecule has 0 saturated carbocycles. The topological polar surface area (TPSA) is 65.0 Å². The van der Waals surface area contributed by atoms with Gasteiger partial charge in [0, 0.05) is 17.5 Å². The van der Waals surface area contributed by atoms with E-state index in [1.54, 1.807) is 54.6 Å². The minimum absolute atomic E-state index is 0.167. The summed E-state index contributed by atoms with van der Waals surface area (Å²) in [6, 6.07) is 13.6. The van der Waals surface area contributed by atoms with Gasteiger partial charge in [0.05, 0.1) is 0 Å². The highest BCUT2D eigenvalue weighted by Gasteiger charge is 2.24. The summed E-state index contributed by atoms with van der Waals surface area (Å²) in [5, 5.41) is 0.585. The molecule has 1 aliphatic heterocycles. The molecule has 2 aromatic carbocycles. The van der Waals surface area contributed by atoms with Crippen molar-refractivity contribution in [3.8, 4) is 5.75 Å². The molecule has 0 bridgehead atoms. The van der Waals surface area contributed by atoms with Crippen LogP contribution in [0.2, 0.25) is 5.02 Å². The molecule has 0 N–H and O–H groups in total. The van der Waals surface area contributed by atoms with Gasteiger partial charge >= 0.3 is 11.9 Å². The van der Waals surface area contributed by atoms with Crippen molar-refractivity contribution < 1.29 is 19.1 Å². The number of hydrogen-bond acceptors (Lipinski definition) is 5. The number of hydrogen-bond donors (Lipinski definition) is 0. The highest BCUT2D eigenvalue weighted by molar-refractivity contribution is 6.30. The van der Waals surface area contributed by atoms with E-state index in [0.717, 1.165) is 0 Å². The summed E-state index contributed by atoms with van der Waals surface area (Å²) in [4.78, 5) is 27.2. The second-order valence-electron chi connectivity index (χ2n) is 5.01. The van der Waals surface area contributed by atoms with Gasteiger partial charge in [-0.15, -0.1) is 0 Å². The molecule has 5 nitrogen and oxygen atoms in total. The third kappa shape index (κ3) is 3.70. The van der Waals surface area contributed by atoms with Crippen LogP contribution in [0.25, 0.3) is 6.08 Å². The summed E-state index contributed by atoms with van der Waals surface area (Å²) in [5.41, 5.74) is 1.49. The van der Waals surface area contributed by atoms with Crippen LogP contribution < -0.4 is 4.74 Å². The third-order valence-electron chi connectivity index (χ3n) is 3.13. The lowest BCUT2D eigenvalue weighted by molar-refractivity contribution is -0.132. The Morgan fingerprint density at radius 1 is 1.21 bits per heavy atom. The van der Waals surface area contributed by atoms with Gasteiger partial charge in [0.2, 0.25) is 5.90 Å². The van der Waals surface area contributed by atoms with Crippen LogP contribution in [0.1, 0.15) is 18.1 Å². The van der Waals surface area contributed by atoms with Gasteiger partial charge in [0.1, 0.15) is 5.75 Å².